The van der Waals surface area contributed by atoms with E-state index in [1.165, 1.54) is 12.8 Å². The maximum atomic E-state index is 11.8. The minimum absolute atomic E-state index is 0.0508. The second-order valence-corrected chi connectivity index (χ2v) is 4.55. The summed E-state index contributed by atoms with van der Waals surface area (Å²) in [6, 6.07) is 1.64. The fraction of sp³-hybridized carbons (Fsp3) is 0.636. The smallest absolute Gasteiger partial charge is 0.253 e. The second kappa shape index (κ2) is 3.17. The van der Waals surface area contributed by atoms with Gasteiger partial charge >= 0.3 is 0 Å². The van der Waals surface area contributed by atoms with Crippen molar-refractivity contribution in [3.05, 3.63) is 27.9 Å². The first-order chi connectivity index (χ1) is 7.25. The zero-order valence-corrected chi connectivity index (χ0v) is 8.65. The van der Waals surface area contributed by atoms with E-state index in [1.54, 1.807) is 10.6 Å². The molecule has 0 radical (unpaired) electrons. The van der Waals surface area contributed by atoms with Gasteiger partial charge in [-0.2, -0.15) is 0 Å². The summed E-state index contributed by atoms with van der Waals surface area (Å²) in [7, 11) is 0. The Balaban J connectivity index is 2.13. The molecule has 2 heterocycles. The van der Waals surface area contributed by atoms with Gasteiger partial charge in [0.25, 0.3) is 5.56 Å². The number of nitrogens with two attached hydrogens (primary N) is 1. The third kappa shape index (κ3) is 1.49. The summed E-state index contributed by atoms with van der Waals surface area (Å²) in [4.78, 5) is 16.4. The number of aromatic nitrogens is 2. The SMILES string of the molecule is NC1CCCn2c1nc(C1CC1)cc2=O. The summed E-state index contributed by atoms with van der Waals surface area (Å²) in [6.07, 6.45) is 4.27. The molecule has 1 saturated carbocycles. The topological polar surface area (TPSA) is 60.9 Å². The van der Waals surface area contributed by atoms with Gasteiger partial charge in [-0.3, -0.25) is 9.36 Å². The van der Waals surface area contributed by atoms with Crippen molar-refractivity contribution in [1.29, 1.82) is 0 Å². The van der Waals surface area contributed by atoms with E-state index in [-0.39, 0.29) is 11.6 Å². The van der Waals surface area contributed by atoms with Gasteiger partial charge in [-0.05, 0) is 25.7 Å². The molecule has 1 aromatic rings. The van der Waals surface area contributed by atoms with E-state index < -0.39 is 0 Å². The molecule has 0 saturated heterocycles. The van der Waals surface area contributed by atoms with Crippen LogP contribution in [0.5, 0.6) is 0 Å². The van der Waals surface area contributed by atoms with Gasteiger partial charge in [0, 0.05) is 18.5 Å². The Hall–Kier alpha value is -1.16. The van der Waals surface area contributed by atoms with Gasteiger partial charge in [0.05, 0.1) is 11.7 Å². The van der Waals surface area contributed by atoms with Crippen molar-refractivity contribution < 1.29 is 0 Å². The van der Waals surface area contributed by atoms with Crippen molar-refractivity contribution in [3.8, 4) is 0 Å². The first kappa shape index (κ1) is 9.09. The van der Waals surface area contributed by atoms with Gasteiger partial charge in [0.15, 0.2) is 0 Å². The fourth-order valence-electron chi connectivity index (χ4n) is 2.24. The highest BCUT2D eigenvalue weighted by Crippen LogP contribution is 2.38. The van der Waals surface area contributed by atoms with Crippen molar-refractivity contribution in [1.82, 2.24) is 9.55 Å². The van der Waals surface area contributed by atoms with E-state index in [0.717, 1.165) is 30.9 Å². The van der Waals surface area contributed by atoms with Crippen LogP contribution in [0.3, 0.4) is 0 Å². The largest absolute Gasteiger partial charge is 0.321 e. The van der Waals surface area contributed by atoms with E-state index in [2.05, 4.69) is 4.98 Å². The van der Waals surface area contributed by atoms with E-state index in [0.29, 0.717) is 5.92 Å². The van der Waals surface area contributed by atoms with Crippen LogP contribution in [0.1, 0.15) is 49.2 Å². The molecule has 1 fully saturated rings. The van der Waals surface area contributed by atoms with E-state index in [4.69, 9.17) is 5.73 Å². The molecule has 80 valence electrons. The molecule has 4 heteroatoms. The van der Waals surface area contributed by atoms with Crippen molar-refractivity contribution >= 4 is 0 Å². The number of rotatable bonds is 1. The molecule has 1 aliphatic carbocycles. The lowest BCUT2D eigenvalue weighted by Crippen LogP contribution is -2.33. The standard InChI is InChI=1S/C11H15N3O/c12-8-2-1-5-14-10(15)6-9(7-3-4-7)13-11(8)14/h6-8H,1-5,12H2. The number of hydrogen-bond acceptors (Lipinski definition) is 3. The third-order valence-corrected chi connectivity index (χ3v) is 3.28. The first-order valence-corrected chi connectivity index (χ1v) is 5.63. The van der Waals surface area contributed by atoms with Crippen molar-refractivity contribution in [2.24, 2.45) is 5.73 Å². The monoisotopic (exact) mass is 205 g/mol. The van der Waals surface area contributed by atoms with Crippen LogP contribution in [-0.2, 0) is 6.54 Å². The Morgan fingerprint density at radius 2 is 2.20 bits per heavy atom. The Morgan fingerprint density at radius 1 is 1.40 bits per heavy atom. The molecular weight excluding hydrogens is 190 g/mol. The fourth-order valence-corrected chi connectivity index (χ4v) is 2.24. The minimum atomic E-state index is -0.0508. The molecule has 0 bridgehead atoms. The molecule has 1 aromatic heterocycles. The maximum absolute atomic E-state index is 11.8. The van der Waals surface area contributed by atoms with Crippen molar-refractivity contribution in [2.75, 3.05) is 0 Å². The second-order valence-electron chi connectivity index (χ2n) is 4.55. The minimum Gasteiger partial charge on any atom is -0.321 e. The molecule has 1 aliphatic heterocycles. The van der Waals surface area contributed by atoms with Crippen LogP contribution >= 0.6 is 0 Å². The summed E-state index contributed by atoms with van der Waals surface area (Å²) < 4.78 is 1.74. The van der Waals surface area contributed by atoms with E-state index in [1.807, 2.05) is 0 Å². The summed E-state index contributed by atoms with van der Waals surface area (Å²) in [5, 5.41) is 0. The number of nitrogens with zero attached hydrogens (tertiary/aromatic N) is 2. The molecule has 3 rings (SSSR count). The Morgan fingerprint density at radius 3 is 2.93 bits per heavy atom. The lowest BCUT2D eigenvalue weighted by Gasteiger charge is -2.23. The normalized spacial score (nSPS) is 25.0. The van der Waals surface area contributed by atoms with Gasteiger partial charge in [-0.15, -0.1) is 0 Å². The number of fused-ring (bicyclic) bond motifs is 1. The maximum Gasteiger partial charge on any atom is 0.253 e. The van der Waals surface area contributed by atoms with Gasteiger partial charge in [0.1, 0.15) is 5.82 Å². The average Bonchev–Trinajstić information content (AvgIpc) is 3.02. The van der Waals surface area contributed by atoms with Gasteiger partial charge < -0.3 is 5.73 Å². The molecule has 0 aromatic carbocycles. The highest BCUT2D eigenvalue weighted by molar-refractivity contribution is 5.16. The highest BCUT2D eigenvalue weighted by Gasteiger charge is 2.28. The zero-order chi connectivity index (χ0) is 10.4. The van der Waals surface area contributed by atoms with Crippen LogP contribution in [0.15, 0.2) is 10.9 Å². The molecule has 1 unspecified atom stereocenters. The molecule has 4 nitrogen and oxygen atoms in total. The predicted octanol–water partition coefficient (Wildman–Crippen LogP) is 0.914. The van der Waals surface area contributed by atoms with Crippen molar-refractivity contribution in [2.45, 2.75) is 44.2 Å². The number of hydrogen-bond donors (Lipinski definition) is 1. The lowest BCUT2D eigenvalue weighted by molar-refractivity contribution is 0.429. The Labute approximate surface area is 88.1 Å². The molecule has 1 atom stereocenters. The molecule has 2 aliphatic rings. The van der Waals surface area contributed by atoms with Crippen LogP contribution < -0.4 is 11.3 Å². The molecule has 15 heavy (non-hydrogen) atoms. The van der Waals surface area contributed by atoms with Gasteiger partial charge in [0.2, 0.25) is 0 Å². The quantitative estimate of drug-likeness (QED) is 0.741. The Bertz CT molecular complexity index is 448. The van der Waals surface area contributed by atoms with Crippen molar-refractivity contribution in [3.63, 3.8) is 0 Å². The summed E-state index contributed by atoms with van der Waals surface area (Å²) in [5.41, 5.74) is 7.02. The Kier molecular flexibility index (Phi) is 1.92. The summed E-state index contributed by atoms with van der Waals surface area (Å²) in [5.74, 6) is 1.33. The zero-order valence-electron chi connectivity index (χ0n) is 8.65. The molecular formula is C11H15N3O. The van der Waals surface area contributed by atoms with Crippen LogP contribution in [0.25, 0.3) is 0 Å². The van der Waals surface area contributed by atoms with Gasteiger partial charge in [-0.1, -0.05) is 0 Å². The van der Waals surface area contributed by atoms with Crippen LogP contribution in [0.4, 0.5) is 0 Å². The molecule has 0 amide bonds. The first-order valence-electron chi connectivity index (χ1n) is 5.63. The van der Waals surface area contributed by atoms with Gasteiger partial charge in [-0.25, -0.2) is 4.98 Å². The lowest BCUT2D eigenvalue weighted by atomic mass is 10.1. The highest BCUT2D eigenvalue weighted by atomic mass is 16.1. The third-order valence-electron chi connectivity index (χ3n) is 3.28. The van der Waals surface area contributed by atoms with Crippen LogP contribution in [0, 0.1) is 0 Å². The van der Waals surface area contributed by atoms with E-state index in [9.17, 15) is 4.79 Å². The summed E-state index contributed by atoms with van der Waals surface area (Å²) in [6.45, 7) is 0.778. The molecule has 2 N–H and O–H groups in total. The van der Waals surface area contributed by atoms with E-state index >= 15 is 0 Å². The van der Waals surface area contributed by atoms with Crippen LogP contribution in [-0.4, -0.2) is 9.55 Å². The molecule has 0 spiro atoms. The van der Waals surface area contributed by atoms with Crippen LogP contribution in [0.2, 0.25) is 0 Å². The summed E-state index contributed by atoms with van der Waals surface area (Å²) >= 11 is 0. The average molecular weight is 205 g/mol. The predicted molar refractivity (Wildman–Crippen MR) is 56.6 cm³/mol.